The van der Waals surface area contributed by atoms with Gasteiger partial charge in [0.05, 0.1) is 0 Å². The molecule has 0 spiro atoms. The molecule has 0 aliphatic carbocycles. The van der Waals surface area contributed by atoms with Crippen LogP contribution in [-0.2, 0) is 0 Å². The van der Waals surface area contributed by atoms with Crippen LogP contribution in [-0.4, -0.2) is 23.0 Å². The number of hydrogen-bond acceptors (Lipinski definition) is 2. The Morgan fingerprint density at radius 3 is 3.13 bits per heavy atom. The number of halogens is 1. The molecule has 2 heterocycles. The normalized spacial score (nSPS) is 22.9. The maximum Gasteiger partial charge on any atom is 0.133 e. The fourth-order valence-corrected chi connectivity index (χ4v) is 2.61. The molecule has 0 aromatic carbocycles. The predicted octanol–water partition coefficient (Wildman–Crippen LogP) is 3.28. The maximum absolute atomic E-state index is 6.14. The van der Waals surface area contributed by atoms with Gasteiger partial charge in [-0.3, -0.25) is 4.90 Å². The van der Waals surface area contributed by atoms with E-state index in [0.29, 0.717) is 11.2 Å². The second-order valence-corrected chi connectivity index (χ2v) is 4.38. The van der Waals surface area contributed by atoms with Crippen LogP contribution in [0.3, 0.4) is 0 Å². The summed E-state index contributed by atoms with van der Waals surface area (Å²) < 4.78 is 0. The van der Waals surface area contributed by atoms with Crippen LogP contribution in [0.2, 0.25) is 5.15 Å². The summed E-state index contributed by atoms with van der Waals surface area (Å²) in [5, 5.41) is 0.669. The second-order valence-electron chi connectivity index (χ2n) is 4.02. The zero-order valence-corrected chi connectivity index (χ0v) is 9.87. The van der Waals surface area contributed by atoms with Gasteiger partial charge in [-0.1, -0.05) is 31.0 Å². The Bertz CT molecular complexity index is 327. The minimum absolute atomic E-state index is 0.477. The number of hydrogen-bond donors (Lipinski definition) is 0. The predicted molar refractivity (Wildman–Crippen MR) is 63.1 cm³/mol. The number of aromatic nitrogens is 1. The highest BCUT2D eigenvalue weighted by Gasteiger charge is 2.24. The summed E-state index contributed by atoms with van der Waals surface area (Å²) in [7, 11) is 0. The zero-order chi connectivity index (χ0) is 10.7. The van der Waals surface area contributed by atoms with E-state index in [1.165, 1.54) is 31.4 Å². The summed E-state index contributed by atoms with van der Waals surface area (Å²) >= 11 is 6.14. The number of nitrogens with zero attached hydrogens (tertiary/aromatic N) is 2. The molecule has 1 aliphatic heterocycles. The van der Waals surface area contributed by atoms with Gasteiger partial charge in [0.2, 0.25) is 0 Å². The van der Waals surface area contributed by atoms with Gasteiger partial charge in [0.25, 0.3) is 0 Å². The first-order chi connectivity index (χ1) is 7.33. The van der Waals surface area contributed by atoms with Gasteiger partial charge in [0.15, 0.2) is 0 Å². The van der Waals surface area contributed by atoms with Gasteiger partial charge in [-0.15, -0.1) is 0 Å². The fourth-order valence-electron chi connectivity index (χ4n) is 2.37. The maximum atomic E-state index is 6.14. The lowest BCUT2D eigenvalue weighted by Gasteiger charge is -2.35. The third-order valence-electron chi connectivity index (χ3n) is 3.17. The molecule has 0 radical (unpaired) electrons. The van der Waals surface area contributed by atoms with E-state index in [1.807, 2.05) is 6.07 Å². The average molecular weight is 225 g/mol. The molecule has 1 atom stereocenters. The topological polar surface area (TPSA) is 16.1 Å². The lowest BCUT2D eigenvalue weighted by atomic mass is 9.96. The summed E-state index contributed by atoms with van der Waals surface area (Å²) in [4.78, 5) is 6.65. The second kappa shape index (κ2) is 4.95. The summed E-state index contributed by atoms with van der Waals surface area (Å²) in [5.41, 5.74) is 1.20. The molecular weight excluding hydrogens is 208 g/mol. The van der Waals surface area contributed by atoms with E-state index in [9.17, 15) is 0 Å². The summed E-state index contributed by atoms with van der Waals surface area (Å²) in [6, 6.07) is 4.56. The van der Waals surface area contributed by atoms with Crippen molar-refractivity contribution in [2.24, 2.45) is 0 Å². The molecular formula is C12H17ClN2. The minimum atomic E-state index is 0.477. The van der Waals surface area contributed by atoms with Gasteiger partial charge in [-0.05, 0) is 32.0 Å². The van der Waals surface area contributed by atoms with Crippen molar-refractivity contribution in [3.8, 4) is 0 Å². The largest absolute Gasteiger partial charge is 0.296 e. The Morgan fingerprint density at radius 2 is 2.40 bits per heavy atom. The third kappa shape index (κ3) is 2.32. The monoisotopic (exact) mass is 224 g/mol. The molecule has 1 aromatic rings. The number of piperidine rings is 1. The first kappa shape index (κ1) is 10.9. The molecule has 2 rings (SSSR count). The Hall–Kier alpha value is -0.600. The summed E-state index contributed by atoms with van der Waals surface area (Å²) in [6.07, 6.45) is 5.57. The SMILES string of the molecule is CCN1CCCC[C@H]1c1cccnc1Cl. The Kier molecular flexibility index (Phi) is 3.60. The van der Waals surface area contributed by atoms with E-state index in [1.54, 1.807) is 6.20 Å². The molecule has 15 heavy (non-hydrogen) atoms. The van der Waals surface area contributed by atoms with Crippen LogP contribution < -0.4 is 0 Å². The molecule has 0 bridgehead atoms. The Labute approximate surface area is 96.3 Å². The van der Waals surface area contributed by atoms with Gasteiger partial charge in [0, 0.05) is 17.8 Å². The molecule has 0 amide bonds. The van der Waals surface area contributed by atoms with Crippen LogP contribution >= 0.6 is 11.6 Å². The molecule has 3 heteroatoms. The molecule has 1 aromatic heterocycles. The molecule has 82 valence electrons. The van der Waals surface area contributed by atoms with E-state index < -0.39 is 0 Å². The van der Waals surface area contributed by atoms with Crippen molar-refractivity contribution >= 4 is 11.6 Å². The van der Waals surface area contributed by atoms with Crippen molar-refractivity contribution in [1.29, 1.82) is 0 Å². The molecule has 2 nitrogen and oxygen atoms in total. The molecule has 0 N–H and O–H groups in total. The first-order valence-electron chi connectivity index (χ1n) is 5.67. The van der Waals surface area contributed by atoms with Crippen molar-refractivity contribution < 1.29 is 0 Å². The van der Waals surface area contributed by atoms with Crippen molar-refractivity contribution in [2.45, 2.75) is 32.2 Å². The van der Waals surface area contributed by atoms with Crippen molar-refractivity contribution in [3.63, 3.8) is 0 Å². The Balaban J connectivity index is 2.24. The van der Waals surface area contributed by atoms with Gasteiger partial charge in [-0.25, -0.2) is 4.98 Å². The minimum Gasteiger partial charge on any atom is -0.296 e. The highest BCUT2D eigenvalue weighted by Crippen LogP contribution is 2.33. The number of rotatable bonds is 2. The van der Waals surface area contributed by atoms with Crippen molar-refractivity contribution in [1.82, 2.24) is 9.88 Å². The zero-order valence-electron chi connectivity index (χ0n) is 9.12. The number of likely N-dealkylation sites (tertiary alicyclic amines) is 1. The summed E-state index contributed by atoms with van der Waals surface area (Å²) in [5.74, 6) is 0. The lowest BCUT2D eigenvalue weighted by Crippen LogP contribution is -2.33. The molecule has 1 fully saturated rings. The first-order valence-corrected chi connectivity index (χ1v) is 6.05. The van der Waals surface area contributed by atoms with Crippen molar-refractivity contribution in [2.75, 3.05) is 13.1 Å². The molecule has 0 saturated carbocycles. The van der Waals surface area contributed by atoms with Crippen LogP contribution in [0.15, 0.2) is 18.3 Å². The lowest BCUT2D eigenvalue weighted by molar-refractivity contribution is 0.157. The average Bonchev–Trinajstić information content (AvgIpc) is 2.30. The van der Waals surface area contributed by atoms with Gasteiger partial charge in [-0.2, -0.15) is 0 Å². The molecule has 1 aliphatic rings. The molecule has 0 unspecified atom stereocenters. The highest BCUT2D eigenvalue weighted by atomic mass is 35.5. The van der Waals surface area contributed by atoms with E-state index in [4.69, 9.17) is 11.6 Å². The van der Waals surface area contributed by atoms with Crippen LogP contribution in [0.25, 0.3) is 0 Å². The van der Waals surface area contributed by atoms with Gasteiger partial charge < -0.3 is 0 Å². The van der Waals surface area contributed by atoms with Gasteiger partial charge in [0.1, 0.15) is 5.15 Å². The Morgan fingerprint density at radius 1 is 1.53 bits per heavy atom. The van der Waals surface area contributed by atoms with E-state index in [2.05, 4.69) is 22.9 Å². The van der Waals surface area contributed by atoms with Crippen LogP contribution in [0.1, 0.15) is 37.8 Å². The highest BCUT2D eigenvalue weighted by molar-refractivity contribution is 6.30. The van der Waals surface area contributed by atoms with Crippen LogP contribution in [0, 0.1) is 0 Å². The van der Waals surface area contributed by atoms with Crippen LogP contribution in [0.5, 0.6) is 0 Å². The van der Waals surface area contributed by atoms with E-state index in [-0.39, 0.29) is 0 Å². The van der Waals surface area contributed by atoms with Gasteiger partial charge >= 0.3 is 0 Å². The summed E-state index contributed by atoms with van der Waals surface area (Å²) in [6.45, 7) is 4.49. The third-order valence-corrected chi connectivity index (χ3v) is 3.48. The van der Waals surface area contributed by atoms with E-state index in [0.717, 1.165) is 6.54 Å². The quantitative estimate of drug-likeness (QED) is 0.717. The van der Waals surface area contributed by atoms with Crippen molar-refractivity contribution in [3.05, 3.63) is 29.0 Å². The van der Waals surface area contributed by atoms with Crippen LogP contribution in [0.4, 0.5) is 0 Å². The molecule has 1 saturated heterocycles. The smallest absolute Gasteiger partial charge is 0.133 e. The number of pyridine rings is 1. The fraction of sp³-hybridized carbons (Fsp3) is 0.583. The standard InChI is InChI=1S/C12H17ClN2/c1-2-15-9-4-3-7-11(15)10-6-5-8-14-12(10)13/h5-6,8,11H,2-4,7,9H2,1H3/t11-/m0/s1. The van der Waals surface area contributed by atoms with E-state index >= 15 is 0 Å².